The molecule has 96 valence electrons. The fraction of sp³-hybridized carbons (Fsp3) is 0. The van der Waals surface area contributed by atoms with Gasteiger partial charge in [0.15, 0.2) is 0 Å². The number of aromatic amines is 1. The van der Waals surface area contributed by atoms with Gasteiger partial charge in [-0.2, -0.15) is 0 Å². The van der Waals surface area contributed by atoms with Gasteiger partial charge in [0.05, 0.1) is 11.2 Å². The monoisotopic (exact) mass is 272 g/mol. The van der Waals surface area contributed by atoms with Gasteiger partial charge >= 0.3 is 0 Å². The van der Waals surface area contributed by atoms with Crippen molar-refractivity contribution in [3.63, 3.8) is 0 Å². The van der Waals surface area contributed by atoms with Gasteiger partial charge in [0.2, 0.25) is 0 Å². The molecule has 0 aliphatic carbocycles. The van der Waals surface area contributed by atoms with Crippen molar-refractivity contribution in [2.75, 3.05) is 4.72 Å². The van der Waals surface area contributed by atoms with E-state index in [0.717, 1.165) is 11.1 Å². The summed E-state index contributed by atoms with van der Waals surface area (Å²) >= 11 is -2.36. The van der Waals surface area contributed by atoms with E-state index in [4.69, 9.17) is 0 Å². The molecule has 0 saturated carbocycles. The van der Waals surface area contributed by atoms with E-state index in [0.29, 0.717) is 17.0 Å². The highest BCUT2D eigenvalue weighted by Crippen LogP contribution is 2.25. The number of imidazole rings is 1. The molecule has 3 rings (SSSR count). The molecule has 19 heavy (non-hydrogen) atoms. The molecule has 1 unspecified atom stereocenters. The number of nitrogens with one attached hydrogen (secondary N) is 2. The number of hydrogen-bond acceptors (Lipinski definition) is 3. The smallest absolute Gasteiger partial charge is 0.138 e. The van der Waals surface area contributed by atoms with Crippen LogP contribution in [0.15, 0.2) is 48.5 Å². The van der Waals surface area contributed by atoms with Crippen molar-refractivity contribution < 1.29 is 8.76 Å². The van der Waals surface area contributed by atoms with Crippen molar-refractivity contribution in [1.82, 2.24) is 9.97 Å². The van der Waals surface area contributed by atoms with E-state index >= 15 is 0 Å². The Morgan fingerprint density at radius 3 is 2.63 bits per heavy atom. The maximum atomic E-state index is 10.7. The van der Waals surface area contributed by atoms with Crippen LogP contribution in [0.5, 0.6) is 0 Å². The van der Waals surface area contributed by atoms with Crippen molar-refractivity contribution in [2.24, 2.45) is 0 Å². The summed E-state index contributed by atoms with van der Waals surface area (Å²) in [5.41, 5.74) is 2.80. The highest BCUT2D eigenvalue weighted by molar-refractivity contribution is 7.80. The van der Waals surface area contributed by atoms with E-state index in [2.05, 4.69) is 14.7 Å². The zero-order chi connectivity index (χ0) is 13.2. The standard InChI is InChI=1S/C13H11N3O2S/c17-19(18)16-11-8-4-7-10-12(11)15-13(14-10)9-5-2-1-3-6-9/h1-8,16H,(H,14,15)(H,17,18)/p-1. The highest BCUT2D eigenvalue weighted by Gasteiger charge is 2.08. The predicted molar refractivity (Wildman–Crippen MR) is 74.1 cm³/mol. The number of benzene rings is 2. The van der Waals surface area contributed by atoms with Crippen LogP contribution in [0, 0.1) is 0 Å². The molecular formula is C13H10N3O2S-. The second kappa shape index (κ2) is 4.83. The first-order chi connectivity index (χ1) is 9.24. The zero-order valence-electron chi connectivity index (χ0n) is 9.79. The molecular weight excluding hydrogens is 262 g/mol. The Morgan fingerprint density at radius 1 is 1.11 bits per heavy atom. The lowest BCUT2D eigenvalue weighted by Crippen LogP contribution is -2.02. The van der Waals surface area contributed by atoms with Crippen molar-refractivity contribution in [3.05, 3.63) is 48.5 Å². The summed E-state index contributed by atoms with van der Waals surface area (Å²) in [7, 11) is 0. The van der Waals surface area contributed by atoms with Crippen molar-refractivity contribution >= 4 is 28.0 Å². The maximum Gasteiger partial charge on any atom is 0.138 e. The van der Waals surface area contributed by atoms with Crippen LogP contribution >= 0.6 is 0 Å². The molecule has 0 aliphatic rings. The van der Waals surface area contributed by atoms with E-state index in [-0.39, 0.29) is 0 Å². The number of hydrogen-bond donors (Lipinski definition) is 2. The molecule has 0 spiro atoms. The summed E-state index contributed by atoms with van der Waals surface area (Å²) < 4.78 is 23.8. The summed E-state index contributed by atoms with van der Waals surface area (Å²) in [4.78, 5) is 7.62. The maximum absolute atomic E-state index is 10.7. The van der Waals surface area contributed by atoms with Crippen LogP contribution in [0.25, 0.3) is 22.4 Å². The second-order valence-corrected chi connectivity index (χ2v) is 4.66. The van der Waals surface area contributed by atoms with Gasteiger partial charge in [-0.25, -0.2) is 4.98 Å². The van der Waals surface area contributed by atoms with Crippen molar-refractivity contribution in [3.8, 4) is 11.4 Å². The van der Waals surface area contributed by atoms with Gasteiger partial charge in [-0.1, -0.05) is 36.4 Å². The van der Waals surface area contributed by atoms with E-state index in [9.17, 15) is 8.76 Å². The Kier molecular flexibility index (Phi) is 3.02. The summed E-state index contributed by atoms with van der Waals surface area (Å²) in [5.74, 6) is 0.710. The Balaban J connectivity index is 2.13. The summed E-state index contributed by atoms with van der Waals surface area (Å²) in [6.45, 7) is 0. The fourth-order valence-electron chi connectivity index (χ4n) is 1.94. The summed E-state index contributed by atoms with van der Waals surface area (Å²) in [6, 6.07) is 15.0. The summed E-state index contributed by atoms with van der Waals surface area (Å²) in [5, 5.41) is 0. The van der Waals surface area contributed by atoms with Crippen LogP contribution in [0.4, 0.5) is 5.69 Å². The molecule has 5 nitrogen and oxygen atoms in total. The van der Waals surface area contributed by atoms with Crippen LogP contribution in [-0.4, -0.2) is 18.7 Å². The number of para-hydroxylation sites is 1. The normalized spacial score (nSPS) is 12.5. The Morgan fingerprint density at radius 2 is 1.89 bits per heavy atom. The largest absolute Gasteiger partial charge is 0.755 e. The molecule has 3 aromatic rings. The zero-order valence-corrected chi connectivity index (χ0v) is 10.6. The molecule has 0 amide bonds. The average molecular weight is 272 g/mol. The van der Waals surface area contributed by atoms with Gasteiger partial charge in [0.1, 0.15) is 11.3 Å². The number of rotatable bonds is 3. The van der Waals surface area contributed by atoms with Crippen LogP contribution in [0.1, 0.15) is 0 Å². The van der Waals surface area contributed by atoms with E-state index in [1.54, 1.807) is 12.1 Å². The third-order valence-corrected chi connectivity index (χ3v) is 3.14. The molecule has 0 fully saturated rings. The molecule has 0 aliphatic heterocycles. The van der Waals surface area contributed by atoms with Crippen LogP contribution in [0.3, 0.4) is 0 Å². The quantitative estimate of drug-likeness (QED) is 0.718. The second-order valence-electron chi connectivity index (χ2n) is 3.99. The molecule has 1 atom stereocenters. The Bertz CT molecular complexity index is 740. The van der Waals surface area contributed by atoms with Crippen molar-refractivity contribution in [2.45, 2.75) is 0 Å². The molecule has 0 radical (unpaired) electrons. The molecule has 2 aromatic carbocycles. The van der Waals surface area contributed by atoms with Gasteiger partial charge < -0.3 is 14.3 Å². The number of nitrogens with zero attached hydrogens (tertiary/aromatic N) is 1. The average Bonchev–Trinajstić information content (AvgIpc) is 2.84. The van der Waals surface area contributed by atoms with Crippen LogP contribution in [-0.2, 0) is 11.3 Å². The first-order valence-corrected chi connectivity index (χ1v) is 6.71. The lowest BCUT2D eigenvalue weighted by atomic mass is 10.2. The van der Waals surface area contributed by atoms with Gasteiger partial charge in [0, 0.05) is 16.8 Å². The summed E-state index contributed by atoms with van der Waals surface area (Å²) in [6.07, 6.45) is 0. The van der Waals surface area contributed by atoms with E-state index < -0.39 is 11.3 Å². The van der Waals surface area contributed by atoms with Gasteiger partial charge in [0.25, 0.3) is 0 Å². The molecule has 1 heterocycles. The fourth-order valence-corrected chi connectivity index (χ4v) is 2.28. The first kappa shape index (κ1) is 11.9. The van der Waals surface area contributed by atoms with E-state index in [1.807, 2.05) is 36.4 Å². The van der Waals surface area contributed by atoms with E-state index in [1.165, 1.54) is 0 Å². The van der Waals surface area contributed by atoms with Crippen LogP contribution in [0.2, 0.25) is 0 Å². The molecule has 2 N–H and O–H groups in total. The Labute approximate surface area is 112 Å². The third-order valence-electron chi connectivity index (χ3n) is 2.75. The molecule has 0 saturated heterocycles. The molecule has 0 bridgehead atoms. The lowest BCUT2D eigenvalue weighted by molar-refractivity contribution is 0.542. The van der Waals surface area contributed by atoms with Gasteiger partial charge in [-0.15, -0.1) is 0 Å². The minimum Gasteiger partial charge on any atom is -0.755 e. The predicted octanol–water partition coefficient (Wildman–Crippen LogP) is 2.44. The van der Waals surface area contributed by atoms with Crippen molar-refractivity contribution in [1.29, 1.82) is 0 Å². The van der Waals surface area contributed by atoms with Gasteiger partial charge in [-0.05, 0) is 12.1 Å². The van der Waals surface area contributed by atoms with Crippen LogP contribution < -0.4 is 4.72 Å². The first-order valence-electron chi connectivity index (χ1n) is 5.64. The lowest BCUT2D eigenvalue weighted by Gasteiger charge is -2.08. The number of anilines is 1. The minimum atomic E-state index is -2.36. The SMILES string of the molecule is O=S([O-])Nc1cccc2[nH]c(-c3ccccc3)nc12. The Hall–Kier alpha value is -2.18. The highest BCUT2D eigenvalue weighted by atomic mass is 32.2. The van der Waals surface area contributed by atoms with Gasteiger partial charge in [-0.3, -0.25) is 4.21 Å². The third kappa shape index (κ3) is 2.35. The number of H-pyrrole nitrogens is 1. The molecule has 6 heteroatoms. The minimum absolute atomic E-state index is 0.462. The number of fused-ring (bicyclic) bond motifs is 1. The topological polar surface area (TPSA) is 80.8 Å². The molecule has 1 aromatic heterocycles. The number of aromatic nitrogens is 2.